The molecule has 0 amide bonds. The van der Waals surface area contributed by atoms with Gasteiger partial charge in [0.25, 0.3) is 0 Å². The maximum Gasteiger partial charge on any atom is 0.321 e. The second kappa shape index (κ2) is 7.22. The van der Waals surface area contributed by atoms with Gasteiger partial charge in [-0.1, -0.05) is 60.7 Å². The van der Waals surface area contributed by atoms with Gasteiger partial charge in [-0.05, 0) is 18.1 Å². The van der Waals surface area contributed by atoms with Gasteiger partial charge in [0.2, 0.25) is 0 Å². The topological polar surface area (TPSA) is 38.8 Å². The summed E-state index contributed by atoms with van der Waals surface area (Å²) in [6, 6.07) is 20.8. The maximum atomic E-state index is 13.6. The van der Waals surface area contributed by atoms with Gasteiger partial charge in [-0.2, -0.15) is 0 Å². The zero-order valence-corrected chi connectivity index (χ0v) is 18.7. The third-order valence-electron chi connectivity index (χ3n) is 7.42. The third-order valence-corrected chi connectivity index (χ3v) is 7.42. The Kier molecular flexibility index (Phi) is 5.12. The van der Waals surface area contributed by atoms with E-state index in [4.69, 9.17) is 9.47 Å². The van der Waals surface area contributed by atoms with Gasteiger partial charge in [0.15, 0.2) is 0 Å². The third kappa shape index (κ3) is 3.15. The van der Waals surface area contributed by atoms with Crippen molar-refractivity contribution in [3.05, 3.63) is 71.8 Å². The van der Waals surface area contributed by atoms with Crippen LogP contribution in [0.25, 0.3) is 0 Å². The molecule has 2 aromatic rings. The highest BCUT2D eigenvalue weighted by molar-refractivity contribution is 5.87. The Morgan fingerprint density at radius 3 is 1.83 bits per heavy atom. The van der Waals surface area contributed by atoms with Crippen LogP contribution in [0.4, 0.5) is 0 Å². The molecule has 29 heavy (non-hydrogen) atoms. The van der Waals surface area contributed by atoms with Gasteiger partial charge in [-0.3, -0.25) is 4.79 Å². The van der Waals surface area contributed by atoms with E-state index in [0.717, 1.165) is 28.5 Å². The molecule has 4 unspecified atom stereocenters. The number of esters is 1. The molecule has 5 heteroatoms. The van der Waals surface area contributed by atoms with Crippen molar-refractivity contribution in [1.82, 2.24) is 0 Å². The molecule has 5 atom stereocenters. The molecule has 0 radical (unpaired) electrons. The maximum absolute atomic E-state index is 13.6. The number of benzene rings is 2. The van der Waals surface area contributed by atoms with E-state index in [-0.39, 0.29) is 29.1 Å². The van der Waals surface area contributed by atoms with Crippen LogP contribution >= 0.6 is 0 Å². The number of fused-ring (bicyclic) bond motifs is 5. The summed E-state index contributed by atoms with van der Waals surface area (Å²) in [4.78, 5) is 13.6. The Hall–Kier alpha value is -1.69. The first kappa shape index (κ1) is 20.6. The number of rotatable bonds is 4. The van der Waals surface area contributed by atoms with E-state index in [1.54, 1.807) is 0 Å². The molecule has 3 aliphatic rings. The van der Waals surface area contributed by atoms with E-state index in [2.05, 4.69) is 14.1 Å². The number of epoxide rings is 1. The second-order valence-electron chi connectivity index (χ2n) is 9.18. The Bertz CT molecular complexity index is 826. The SMILES string of the molecule is CC(C(=O)OC1CC2C3O[C@@H]3C(C1)[N+]2(C)C)(c1ccccc1)c1ccccc1.[Br-]. The monoisotopic (exact) mass is 457 g/mol. The molecular weight excluding hydrogens is 430 g/mol. The quantitative estimate of drug-likeness (QED) is 0.376. The van der Waals surface area contributed by atoms with Crippen molar-refractivity contribution < 1.29 is 35.7 Å². The van der Waals surface area contributed by atoms with Crippen molar-refractivity contribution >= 4 is 5.97 Å². The number of halogens is 1. The van der Waals surface area contributed by atoms with Gasteiger partial charge in [-0.25, -0.2) is 0 Å². The summed E-state index contributed by atoms with van der Waals surface area (Å²) in [5.41, 5.74) is 1.11. The Morgan fingerprint density at radius 1 is 0.931 bits per heavy atom. The lowest BCUT2D eigenvalue weighted by Gasteiger charge is -2.45. The molecule has 0 saturated carbocycles. The van der Waals surface area contributed by atoms with E-state index in [9.17, 15) is 4.79 Å². The number of nitrogens with zero attached hydrogens (tertiary/aromatic N) is 1. The summed E-state index contributed by atoms with van der Waals surface area (Å²) < 4.78 is 13.1. The molecule has 154 valence electrons. The van der Waals surface area contributed by atoms with Crippen LogP contribution in [0.3, 0.4) is 0 Å². The summed E-state index contributed by atoms with van der Waals surface area (Å²) in [6.07, 6.45) is 2.46. The van der Waals surface area contributed by atoms with Crippen molar-refractivity contribution in [3.63, 3.8) is 0 Å². The highest BCUT2D eigenvalue weighted by atomic mass is 79.9. The molecular formula is C24H28BrNO3. The standard InChI is InChI=1S/C24H28NO3.BrH/c1-24(16-10-6-4-7-11-16,17-12-8-5-9-13-17)23(26)27-18-14-19-21-22(28-21)20(15-18)25(19,2)3;/h4-13,18-22H,14-15H2,1-3H3;1H/q+1;/p-1/t18?,19?,20?,21-,22?;/m1./s1. The number of morpholine rings is 1. The minimum atomic E-state index is -0.817. The average molecular weight is 458 g/mol. The first-order chi connectivity index (χ1) is 13.4. The van der Waals surface area contributed by atoms with Crippen LogP contribution in [0.2, 0.25) is 0 Å². The number of piperidine rings is 1. The zero-order chi connectivity index (χ0) is 19.5. The molecule has 3 fully saturated rings. The number of hydrogen-bond acceptors (Lipinski definition) is 3. The minimum absolute atomic E-state index is 0. The molecule has 3 heterocycles. The molecule has 3 aliphatic heterocycles. The molecule has 4 nitrogen and oxygen atoms in total. The van der Waals surface area contributed by atoms with Gasteiger partial charge in [0, 0.05) is 12.8 Å². The summed E-state index contributed by atoms with van der Waals surface area (Å²) >= 11 is 0. The number of ether oxygens (including phenoxy) is 2. The van der Waals surface area contributed by atoms with E-state index >= 15 is 0 Å². The van der Waals surface area contributed by atoms with E-state index in [0.29, 0.717) is 24.3 Å². The van der Waals surface area contributed by atoms with E-state index < -0.39 is 5.41 Å². The summed E-state index contributed by atoms with van der Waals surface area (Å²) in [6.45, 7) is 1.98. The number of hydrogen-bond donors (Lipinski definition) is 0. The summed E-state index contributed by atoms with van der Waals surface area (Å²) in [5.74, 6) is -0.156. The Balaban J connectivity index is 0.00000205. The highest BCUT2D eigenvalue weighted by Crippen LogP contribution is 2.52. The van der Waals surface area contributed by atoms with Crippen molar-refractivity contribution in [1.29, 1.82) is 0 Å². The first-order valence-electron chi connectivity index (χ1n) is 10.2. The highest BCUT2D eigenvalue weighted by Gasteiger charge is 2.70. The van der Waals surface area contributed by atoms with Gasteiger partial charge in [-0.15, -0.1) is 0 Å². The lowest BCUT2D eigenvalue weighted by Crippen LogP contribution is -3.00. The molecule has 2 bridgehead atoms. The molecule has 0 N–H and O–H groups in total. The lowest BCUT2D eigenvalue weighted by molar-refractivity contribution is -0.938. The fourth-order valence-electron chi connectivity index (χ4n) is 5.52. The minimum Gasteiger partial charge on any atom is -1.00 e. The van der Waals surface area contributed by atoms with Crippen molar-refractivity contribution in [2.45, 2.75) is 55.6 Å². The van der Waals surface area contributed by atoms with E-state index in [1.165, 1.54) is 0 Å². The van der Waals surface area contributed by atoms with Crippen molar-refractivity contribution in [2.75, 3.05) is 14.1 Å². The van der Waals surface area contributed by atoms with Crippen LogP contribution < -0.4 is 17.0 Å². The van der Waals surface area contributed by atoms with Gasteiger partial charge in [0.1, 0.15) is 35.8 Å². The molecule has 0 aliphatic carbocycles. The van der Waals surface area contributed by atoms with Crippen LogP contribution in [0.5, 0.6) is 0 Å². The zero-order valence-electron chi connectivity index (χ0n) is 17.1. The fraction of sp³-hybridized carbons (Fsp3) is 0.458. The molecule has 3 saturated heterocycles. The van der Waals surface area contributed by atoms with Gasteiger partial charge < -0.3 is 30.9 Å². The number of quaternary nitrogens is 1. The number of carbonyl (C=O) groups is 1. The molecule has 2 aromatic carbocycles. The van der Waals surface area contributed by atoms with Crippen LogP contribution in [0.15, 0.2) is 60.7 Å². The predicted octanol–water partition coefficient (Wildman–Crippen LogP) is 0.297. The molecule has 0 aromatic heterocycles. The smallest absolute Gasteiger partial charge is 0.321 e. The second-order valence-corrected chi connectivity index (χ2v) is 9.18. The van der Waals surface area contributed by atoms with Crippen molar-refractivity contribution in [3.8, 4) is 0 Å². The lowest BCUT2D eigenvalue weighted by atomic mass is 9.76. The van der Waals surface area contributed by atoms with Gasteiger partial charge >= 0.3 is 5.97 Å². The Labute approximate surface area is 183 Å². The average Bonchev–Trinajstić information content (AvgIpc) is 3.47. The van der Waals surface area contributed by atoms with Gasteiger partial charge in [0.05, 0.1) is 14.1 Å². The fourth-order valence-corrected chi connectivity index (χ4v) is 5.52. The number of likely N-dealkylation sites (N-methyl/N-ethyl adjacent to an activating group) is 1. The first-order valence-corrected chi connectivity index (χ1v) is 10.2. The van der Waals surface area contributed by atoms with Crippen LogP contribution in [-0.2, 0) is 19.7 Å². The van der Waals surface area contributed by atoms with Crippen molar-refractivity contribution in [2.24, 2.45) is 0 Å². The van der Waals surface area contributed by atoms with Crippen LogP contribution in [0.1, 0.15) is 30.9 Å². The predicted molar refractivity (Wildman–Crippen MR) is 107 cm³/mol. The Morgan fingerprint density at radius 2 is 1.38 bits per heavy atom. The molecule has 5 rings (SSSR count). The summed E-state index contributed by atoms with van der Waals surface area (Å²) in [7, 11) is 4.59. The number of carbonyl (C=O) groups excluding carboxylic acids is 1. The van der Waals surface area contributed by atoms with Crippen LogP contribution in [0, 0.1) is 0 Å². The van der Waals surface area contributed by atoms with Crippen LogP contribution in [-0.4, -0.2) is 54.9 Å². The summed E-state index contributed by atoms with van der Waals surface area (Å²) in [5, 5.41) is 0. The normalized spacial score (nSPS) is 31.3. The molecule has 0 spiro atoms. The largest absolute Gasteiger partial charge is 1.00 e. The van der Waals surface area contributed by atoms with E-state index in [1.807, 2.05) is 67.6 Å².